The van der Waals surface area contributed by atoms with E-state index in [2.05, 4.69) is 15.0 Å². The van der Waals surface area contributed by atoms with Crippen molar-refractivity contribution >= 4 is 11.0 Å². The molecule has 0 spiro atoms. The van der Waals surface area contributed by atoms with Crippen molar-refractivity contribution in [3.05, 3.63) is 53.7 Å². The van der Waals surface area contributed by atoms with Crippen LogP contribution in [-0.4, -0.2) is 52.3 Å². The molecule has 0 radical (unpaired) electrons. The number of ether oxygens (including phenoxy) is 2. The SMILES string of the molecule is COc1ccc(CN2C[C@@H](F)[C@@H](OCc3nc4ccc(F)cc4[nH]3)C2)cn1. The van der Waals surface area contributed by atoms with Crippen molar-refractivity contribution in [3.63, 3.8) is 0 Å². The summed E-state index contributed by atoms with van der Waals surface area (Å²) in [4.78, 5) is 13.5. The van der Waals surface area contributed by atoms with Gasteiger partial charge in [-0.05, 0) is 23.8 Å². The second-order valence-corrected chi connectivity index (χ2v) is 6.61. The zero-order chi connectivity index (χ0) is 18.8. The number of nitrogens with zero attached hydrogens (tertiary/aromatic N) is 3. The van der Waals surface area contributed by atoms with Gasteiger partial charge in [-0.3, -0.25) is 4.90 Å². The van der Waals surface area contributed by atoms with E-state index >= 15 is 0 Å². The number of imidazole rings is 1. The summed E-state index contributed by atoms with van der Waals surface area (Å²) >= 11 is 0. The maximum absolute atomic E-state index is 14.3. The van der Waals surface area contributed by atoms with E-state index in [1.54, 1.807) is 25.4 Å². The highest BCUT2D eigenvalue weighted by Gasteiger charge is 2.33. The van der Waals surface area contributed by atoms with Crippen LogP contribution in [0.4, 0.5) is 8.78 Å². The predicted octanol–water partition coefficient (Wildman–Crippen LogP) is 2.84. The topological polar surface area (TPSA) is 63.3 Å². The molecule has 1 aliphatic rings. The molecule has 8 heteroatoms. The Morgan fingerprint density at radius 1 is 1.26 bits per heavy atom. The van der Waals surface area contributed by atoms with Crippen molar-refractivity contribution < 1.29 is 18.3 Å². The lowest BCUT2D eigenvalue weighted by Gasteiger charge is -2.15. The quantitative estimate of drug-likeness (QED) is 0.719. The number of methoxy groups -OCH3 is 1. The van der Waals surface area contributed by atoms with E-state index in [-0.39, 0.29) is 12.4 Å². The molecule has 1 aromatic carbocycles. The molecule has 2 aromatic heterocycles. The second kappa shape index (κ2) is 7.58. The predicted molar refractivity (Wildman–Crippen MR) is 95.6 cm³/mol. The van der Waals surface area contributed by atoms with Gasteiger partial charge in [0.25, 0.3) is 0 Å². The molecule has 27 heavy (non-hydrogen) atoms. The van der Waals surface area contributed by atoms with Crippen LogP contribution in [0.3, 0.4) is 0 Å². The van der Waals surface area contributed by atoms with E-state index in [9.17, 15) is 8.78 Å². The van der Waals surface area contributed by atoms with Gasteiger partial charge < -0.3 is 14.5 Å². The average Bonchev–Trinajstić information content (AvgIpc) is 3.22. The molecule has 142 valence electrons. The van der Waals surface area contributed by atoms with Crippen molar-refractivity contribution in [1.29, 1.82) is 0 Å². The van der Waals surface area contributed by atoms with Gasteiger partial charge in [-0.1, -0.05) is 6.07 Å². The number of rotatable bonds is 6. The van der Waals surface area contributed by atoms with Crippen LogP contribution in [0.15, 0.2) is 36.5 Å². The summed E-state index contributed by atoms with van der Waals surface area (Å²) in [6.07, 6.45) is 0.132. The summed E-state index contributed by atoms with van der Waals surface area (Å²) in [5.74, 6) is 0.776. The highest BCUT2D eigenvalue weighted by molar-refractivity contribution is 5.74. The maximum atomic E-state index is 14.3. The summed E-state index contributed by atoms with van der Waals surface area (Å²) in [6, 6.07) is 8.04. The molecule has 3 heterocycles. The standard InChI is InChI=1S/C19H20F2N4O2/c1-26-19-5-2-12(7-22-19)8-25-9-14(21)17(10-25)27-11-18-23-15-4-3-13(20)6-16(15)24-18/h2-7,14,17H,8-11H2,1H3,(H,23,24)/t14-,17+/m1/s1. The first-order valence-electron chi connectivity index (χ1n) is 8.72. The van der Waals surface area contributed by atoms with Crippen LogP contribution in [0.2, 0.25) is 0 Å². The number of likely N-dealkylation sites (tertiary alicyclic amines) is 1. The van der Waals surface area contributed by atoms with Crippen LogP contribution in [0.1, 0.15) is 11.4 Å². The third-order valence-corrected chi connectivity index (χ3v) is 4.61. The van der Waals surface area contributed by atoms with Crippen molar-refractivity contribution in [2.24, 2.45) is 0 Å². The molecule has 0 unspecified atom stereocenters. The molecular formula is C19H20F2N4O2. The summed E-state index contributed by atoms with van der Waals surface area (Å²) in [5, 5.41) is 0. The van der Waals surface area contributed by atoms with Crippen LogP contribution in [0.5, 0.6) is 5.88 Å². The lowest BCUT2D eigenvalue weighted by molar-refractivity contribution is 0.00863. The number of fused-ring (bicyclic) bond motifs is 1. The van der Waals surface area contributed by atoms with Gasteiger partial charge in [0.15, 0.2) is 0 Å². The summed E-state index contributed by atoms with van der Waals surface area (Å²) in [5.41, 5.74) is 2.25. The van der Waals surface area contributed by atoms with Crippen LogP contribution in [0.25, 0.3) is 11.0 Å². The Kier molecular flexibility index (Phi) is 5.00. The number of H-pyrrole nitrogens is 1. The second-order valence-electron chi connectivity index (χ2n) is 6.61. The molecule has 1 N–H and O–H groups in total. The lowest BCUT2D eigenvalue weighted by atomic mass is 10.2. The van der Waals surface area contributed by atoms with Gasteiger partial charge in [-0.2, -0.15) is 0 Å². The molecular weight excluding hydrogens is 354 g/mol. The first-order valence-corrected chi connectivity index (χ1v) is 8.72. The van der Waals surface area contributed by atoms with Crippen molar-refractivity contribution in [3.8, 4) is 5.88 Å². The van der Waals surface area contributed by atoms with E-state index in [4.69, 9.17) is 9.47 Å². The van der Waals surface area contributed by atoms with Gasteiger partial charge >= 0.3 is 0 Å². The van der Waals surface area contributed by atoms with Gasteiger partial charge in [-0.15, -0.1) is 0 Å². The van der Waals surface area contributed by atoms with Gasteiger partial charge in [0.2, 0.25) is 5.88 Å². The Hall–Kier alpha value is -2.58. The minimum atomic E-state index is -1.07. The zero-order valence-corrected chi connectivity index (χ0v) is 14.9. The molecule has 4 rings (SSSR count). The van der Waals surface area contributed by atoms with E-state index in [1.165, 1.54) is 12.1 Å². The summed E-state index contributed by atoms with van der Waals surface area (Å²) < 4.78 is 38.4. The minimum absolute atomic E-state index is 0.152. The fourth-order valence-corrected chi connectivity index (χ4v) is 3.27. The molecule has 0 bridgehead atoms. The van der Waals surface area contributed by atoms with Gasteiger partial charge in [0.05, 0.1) is 18.1 Å². The van der Waals surface area contributed by atoms with E-state index in [0.717, 1.165) is 5.56 Å². The smallest absolute Gasteiger partial charge is 0.212 e. The largest absolute Gasteiger partial charge is 0.481 e. The van der Waals surface area contributed by atoms with Crippen molar-refractivity contribution in [2.75, 3.05) is 20.2 Å². The maximum Gasteiger partial charge on any atom is 0.212 e. The molecule has 1 saturated heterocycles. The number of aromatic amines is 1. The highest BCUT2D eigenvalue weighted by atomic mass is 19.1. The van der Waals surface area contributed by atoms with Crippen molar-refractivity contribution in [2.45, 2.75) is 25.4 Å². The Morgan fingerprint density at radius 2 is 2.15 bits per heavy atom. The number of alkyl halides is 1. The number of benzene rings is 1. The number of halogens is 2. The Balaban J connectivity index is 1.33. The summed E-state index contributed by atoms with van der Waals surface area (Å²) in [7, 11) is 1.57. The number of aromatic nitrogens is 3. The van der Waals surface area contributed by atoms with E-state index in [0.29, 0.717) is 42.4 Å². The molecule has 0 aliphatic carbocycles. The Bertz CT molecular complexity index is 916. The van der Waals surface area contributed by atoms with Gasteiger partial charge in [0.1, 0.15) is 30.5 Å². The van der Waals surface area contributed by atoms with Gasteiger partial charge in [0, 0.05) is 31.9 Å². The first kappa shape index (κ1) is 17.8. The molecule has 0 amide bonds. The first-order chi connectivity index (χ1) is 13.1. The fraction of sp³-hybridized carbons (Fsp3) is 0.368. The minimum Gasteiger partial charge on any atom is -0.481 e. The summed E-state index contributed by atoms with van der Waals surface area (Å²) in [6.45, 7) is 1.55. The normalized spacial score (nSPS) is 20.4. The molecule has 3 aromatic rings. The number of hydrogen-bond acceptors (Lipinski definition) is 5. The number of nitrogens with one attached hydrogen (secondary N) is 1. The average molecular weight is 374 g/mol. The zero-order valence-electron chi connectivity index (χ0n) is 14.9. The third-order valence-electron chi connectivity index (χ3n) is 4.61. The van der Waals surface area contributed by atoms with E-state index in [1.807, 2.05) is 11.0 Å². The van der Waals surface area contributed by atoms with E-state index < -0.39 is 12.3 Å². The Morgan fingerprint density at radius 3 is 2.93 bits per heavy atom. The third kappa shape index (κ3) is 4.06. The van der Waals surface area contributed by atoms with Crippen LogP contribution < -0.4 is 4.74 Å². The lowest BCUT2D eigenvalue weighted by Crippen LogP contribution is -2.24. The molecule has 2 atom stereocenters. The monoisotopic (exact) mass is 374 g/mol. The molecule has 0 saturated carbocycles. The van der Waals surface area contributed by atoms with Crippen LogP contribution in [0, 0.1) is 5.82 Å². The number of hydrogen-bond donors (Lipinski definition) is 1. The molecule has 1 aliphatic heterocycles. The number of pyridine rings is 1. The fourth-order valence-electron chi connectivity index (χ4n) is 3.27. The molecule has 6 nitrogen and oxygen atoms in total. The van der Waals surface area contributed by atoms with Gasteiger partial charge in [-0.25, -0.2) is 18.7 Å². The highest BCUT2D eigenvalue weighted by Crippen LogP contribution is 2.21. The van der Waals surface area contributed by atoms with Crippen LogP contribution in [-0.2, 0) is 17.9 Å². The Labute approximate surface area is 155 Å². The van der Waals surface area contributed by atoms with Crippen molar-refractivity contribution in [1.82, 2.24) is 19.9 Å². The molecule has 1 fully saturated rings. The van der Waals surface area contributed by atoms with Crippen LogP contribution >= 0.6 is 0 Å².